The van der Waals surface area contributed by atoms with Crippen molar-refractivity contribution >= 4 is 16.0 Å². The molecule has 8 heteroatoms. The second-order valence-electron chi connectivity index (χ2n) is 5.80. The summed E-state index contributed by atoms with van der Waals surface area (Å²) in [5.41, 5.74) is 0.722. The minimum atomic E-state index is -4.08. The van der Waals surface area contributed by atoms with Crippen LogP contribution in [0.3, 0.4) is 0 Å². The van der Waals surface area contributed by atoms with E-state index >= 15 is 0 Å². The molecular weight excluding hydrogens is 373 g/mol. The van der Waals surface area contributed by atoms with Crippen molar-refractivity contribution in [2.24, 2.45) is 0 Å². The van der Waals surface area contributed by atoms with Crippen molar-refractivity contribution in [3.8, 4) is 5.75 Å². The lowest BCUT2D eigenvalue weighted by molar-refractivity contribution is -0.132. The van der Waals surface area contributed by atoms with E-state index < -0.39 is 15.9 Å². The van der Waals surface area contributed by atoms with Crippen LogP contribution in [0.25, 0.3) is 0 Å². The molecule has 0 unspecified atom stereocenters. The molecule has 0 aliphatic carbocycles. The Kier molecular flexibility index (Phi) is 7.32. The van der Waals surface area contributed by atoms with Crippen molar-refractivity contribution in [2.45, 2.75) is 24.8 Å². The number of carbonyl (C=O) groups is 1. The van der Waals surface area contributed by atoms with Crippen molar-refractivity contribution in [3.05, 3.63) is 59.9 Å². The Balaban J connectivity index is 2.16. The van der Waals surface area contributed by atoms with Crippen LogP contribution in [0.4, 0.5) is 4.39 Å². The second-order valence-corrected chi connectivity index (χ2v) is 7.35. The van der Waals surface area contributed by atoms with E-state index in [1.54, 1.807) is 37.1 Å². The van der Waals surface area contributed by atoms with E-state index in [1.807, 2.05) is 0 Å². The van der Waals surface area contributed by atoms with E-state index in [4.69, 9.17) is 8.92 Å². The Morgan fingerprint density at radius 3 is 2.48 bits per heavy atom. The first-order chi connectivity index (χ1) is 12.9. The Bertz CT molecular complexity index is 868. The van der Waals surface area contributed by atoms with Gasteiger partial charge in [-0.2, -0.15) is 8.42 Å². The van der Waals surface area contributed by atoms with E-state index in [2.05, 4.69) is 0 Å². The van der Waals surface area contributed by atoms with Gasteiger partial charge < -0.3 is 13.8 Å². The van der Waals surface area contributed by atoms with E-state index in [0.29, 0.717) is 26.1 Å². The van der Waals surface area contributed by atoms with Crippen molar-refractivity contribution < 1.29 is 26.5 Å². The van der Waals surface area contributed by atoms with Gasteiger partial charge in [0.15, 0.2) is 0 Å². The van der Waals surface area contributed by atoms with Gasteiger partial charge in [-0.15, -0.1) is 0 Å². The third-order valence-corrected chi connectivity index (χ3v) is 5.06. The van der Waals surface area contributed by atoms with Crippen LogP contribution in [-0.2, 0) is 26.2 Å². The maximum atomic E-state index is 13.0. The highest BCUT2D eigenvalue weighted by atomic mass is 32.2. The van der Waals surface area contributed by atoms with Crippen molar-refractivity contribution in [1.82, 2.24) is 4.90 Å². The molecule has 0 N–H and O–H groups in total. The number of ether oxygens (including phenoxy) is 1. The summed E-state index contributed by atoms with van der Waals surface area (Å²) in [6.07, 6.45) is 0.360. The largest absolute Gasteiger partial charge is 0.383 e. The molecule has 0 radical (unpaired) electrons. The SMILES string of the molecule is CCC(=O)N(CCOC)Cc1cccc(OS(=O)(=O)c2ccc(F)cc2)c1. The highest BCUT2D eigenvalue weighted by Crippen LogP contribution is 2.21. The van der Waals surface area contributed by atoms with Crippen LogP contribution in [0.5, 0.6) is 5.75 Å². The van der Waals surface area contributed by atoms with Crippen LogP contribution in [0.2, 0.25) is 0 Å². The van der Waals surface area contributed by atoms with E-state index in [-0.39, 0.29) is 16.6 Å². The molecule has 0 saturated heterocycles. The maximum Gasteiger partial charge on any atom is 0.339 e. The molecule has 0 fully saturated rings. The molecule has 0 atom stereocenters. The topological polar surface area (TPSA) is 72.9 Å². The smallest absolute Gasteiger partial charge is 0.339 e. The number of carbonyl (C=O) groups excluding carboxylic acids is 1. The molecule has 0 spiro atoms. The molecule has 6 nitrogen and oxygen atoms in total. The first-order valence-electron chi connectivity index (χ1n) is 8.41. The Morgan fingerprint density at radius 1 is 1.15 bits per heavy atom. The van der Waals surface area contributed by atoms with Crippen LogP contribution in [0.1, 0.15) is 18.9 Å². The number of rotatable bonds is 9. The summed E-state index contributed by atoms with van der Waals surface area (Å²) in [6, 6.07) is 10.9. The maximum absolute atomic E-state index is 13.0. The molecule has 0 aliphatic heterocycles. The zero-order chi connectivity index (χ0) is 19.9. The predicted octanol–water partition coefficient (Wildman–Crippen LogP) is 2.98. The molecule has 0 aliphatic rings. The summed E-state index contributed by atoms with van der Waals surface area (Å²) < 4.78 is 47.8. The van der Waals surface area contributed by atoms with Crippen molar-refractivity contribution in [3.63, 3.8) is 0 Å². The van der Waals surface area contributed by atoms with Gasteiger partial charge in [0.1, 0.15) is 16.5 Å². The summed E-state index contributed by atoms with van der Waals surface area (Å²) in [4.78, 5) is 13.6. The monoisotopic (exact) mass is 395 g/mol. The van der Waals surface area contributed by atoms with Gasteiger partial charge in [-0.3, -0.25) is 4.79 Å². The molecule has 27 heavy (non-hydrogen) atoms. The highest BCUT2D eigenvalue weighted by molar-refractivity contribution is 7.87. The standard InChI is InChI=1S/C19H22FNO5S/c1-3-19(22)21(11-12-25-2)14-15-5-4-6-17(13-15)26-27(23,24)18-9-7-16(20)8-10-18/h4-10,13H,3,11-12,14H2,1-2H3. The van der Waals surface area contributed by atoms with E-state index in [0.717, 1.165) is 29.8 Å². The lowest BCUT2D eigenvalue weighted by atomic mass is 10.2. The number of benzene rings is 2. The number of amides is 1. The third kappa shape index (κ3) is 6.04. The second kappa shape index (κ2) is 9.48. The lowest BCUT2D eigenvalue weighted by Crippen LogP contribution is -2.32. The molecule has 1 amide bonds. The number of halogens is 1. The van der Waals surface area contributed by atoms with Crippen LogP contribution >= 0.6 is 0 Å². The molecule has 2 aromatic carbocycles. The van der Waals surface area contributed by atoms with Crippen LogP contribution in [-0.4, -0.2) is 39.5 Å². The zero-order valence-corrected chi connectivity index (χ0v) is 16.0. The van der Waals surface area contributed by atoms with E-state index in [9.17, 15) is 17.6 Å². The summed E-state index contributed by atoms with van der Waals surface area (Å²) in [5.74, 6) is -0.447. The molecule has 0 heterocycles. The highest BCUT2D eigenvalue weighted by Gasteiger charge is 2.18. The van der Waals surface area contributed by atoms with Crippen molar-refractivity contribution in [1.29, 1.82) is 0 Å². The fourth-order valence-corrected chi connectivity index (χ4v) is 3.33. The Labute approximate surface area is 158 Å². The first kappa shape index (κ1) is 20.9. The van der Waals surface area contributed by atoms with Crippen LogP contribution in [0.15, 0.2) is 53.4 Å². The fourth-order valence-electron chi connectivity index (χ4n) is 2.41. The molecular formula is C19H22FNO5S. The van der Waals surface area contributed by atoms with Crippen LogP contribution in [0, 0.1) is 5.82 Å². The quantitative estimate of drug-likeness (QED) is 0.611. The van der Waals surface area contributed by atoms with Crippen molar-refractivity contribution in [2.75, 3.05) is 20.3 Å². The zero-order valence-electron chi connectivity index (χ0n) is 15.2. The number of methoxy groups -OCH3 is 1. The molecule has 2 aromatic rings. The number of hydrogen-bond donors (Lipinski definition) is 0. The minimum absolute atomic E-state index is 0.0303. The first-order valence-corrected chi connectivity index (χ1v) is 9.82. The van der Waals surface area contributed by atoms with Gasteiger partial charge in [0, 0.05) is 26.6 Å². The minimum Gasteiger partial charge on any atom is -0.383 e. The van der Waals surface area contributed by atoms with Gasteiger partial charge in [0.2, 0.25) is 5.91 Å². The summed E-state index contributed by atoms with van der Waals surface area (Å²) >= 11 is 0. The summed E-state index contributed by atoms with van der Waals surface area (Å²) in [6.45, 7) is 2.92. The van der Waals surface area contributed by atoms with Gasteiger partial charge in [-0.05, 0) is 42.0 Å². The predicted molar refractivity (Wildman–Crippen MR) is 98.2 cm³/mol. The average Bonchev–Trinajstić information content (AvgIpc) is 2.64. The molecule has 146 valence electrons. The lowest BCUT2D eigenvalue weighted by Gasteiger charge is -2.22. The van der Waals surface area contributed by atoms with Gasteiger partial charge >= 0.3 is 10.1 Å². The molecule has 0 aromatic heterocycles. The normalized spacial score (nSPS) is 11.2. The molecule has 0 bridgehead atoms. The molecule has 2 rings (SSSR count). The summed E-state index contributed by atoms with van der Waals surface area (Å²) in [7, 11) is -2.52. The van der Waals surface area contributed by atoms with Gasteiger partial charge in [-0.25, -0.2) is 4.39 Å². The number of hydrogen-bond acceptors (Lipinski definition) is 5. The van der Waals surface area contributed by atoms with Gasteiger partial charge in [0.25, 0.3) is 0 Å². The van der Waals surface area contributed by atoms with Gasteiger partial charge in [0.05, 0.1) is 6.61 Å². The Hall–Kier alpha value is -2.45. The van der Waals surface area contributed by atoms with Crippen LogP contribution < -0.4 is 4.18 Å². The molecule has 0 saturated carbocycles. The fraction of sp³-hybridized carbons (Fsp3) is 0.316. The third-order valence-electron chi connectivity index (χ3n) is 3.80. The average molecular weight is 395 g/mol. The Morgan fingerprint density at radius 2 is 1.85 bits per heavy atom. The van der Waals surface area contributed by atoms with E-state index in [1.165, 1.54) is 6.07 Å². The summed E-state index contributed by atoms with van der Waals surface area (Å²) in [5, 5.41) is 0. The number of nitrogens with zero attached hydrogens (tertiary/aromatic N) is 1. The van der Waals surface area contributed by atoms with Gasteiger partial charge in [-0.1, -0.05) is 19.1 Å².